The SMILES string of the molecule is C1=C2CCc3c(ccc4ccccc34)C2=CCC1. The lowest BCUT2D eigenvalue weighted by atomic mass is 9.79. The monoisotopic (exact) mass is 232 g/mol. The van der Waals surface area contributed by atoms with Gasteiger partial charge in [-0.1, -0.05) is 48.6 Å². The third-order valence-electron chi connectivity index (χ3n) is 4.23. The molecule has 0 heterocycles. The van der Waals surface area contributed by atoms with Gasteiger partial charge < -0.3 is 0 Å². The summed E-state index contributed by atoms with van der Waals surface area (Å²) in [6.07, 6.45) is 9.70. The molecule has 0 nitrogen and oxygen atoms in total. The molecular weight excluding hydrogens is 216 g/mol. The van der Waals surface area contributed by atoms with Gasteiger partial charge in [-0.15, -0.1) is 0 Å². The molecule has 2 aromatic carbocycles. The highest BCUT2D eigenvalue weighted by atomic mass is 14.2. The van der Waals surface area contributed by atoms with Crippen LogP contribution < -0.4 is 0 Å². The van der Waals surface area contributed by atoms with Crippen molar-refractivity contribution in [1.29, 1.82) is 0 Å². The quantitative estimate of drug-likeness (QED) is 0.606. The number of hydrogen-bond acceptors (Lipinski definition) is 0. The zero-order valence-corrected chi connectivity index (χ0v) is 10.4. The second-order valence-corrected chi connectivity index (χ2v) is 5.24. The first-order valence-corrected chi connectivity index (χ1v) is 6.84. The van der Waals surface area contributed by atoms with Gasteiger partial charge in [0.1, 0.15) is 0 Å². The number of hydrogen-bond donors (Lipinski definition) is 0. The van der Waals surface area contributed by atoms with Crippen LogP contribution in [-0.2, 0) is 6.42 Å². The van der Waals surface area contributed by atoms with Crippen molar-refractivity contribution in [3.05, 3.63) is 65.3 Å². The molecule has 2 aromatic rings. The van der Waals surface area contributed by atoms with E-state index in [1.54, 1.807) is 11.1 Å². The molecule has 0 aliphatic heterocycles. The van der Waals surface area contributed by atoms with Crippen LogP contribution in [-0.4, -0.2) is 0 Å². The van der Waals surface area contributed by atoms with Gasteiger partial charge in [0.25, 0.3) is 0 Å². The fourth-order valence-corrected chi connectivity index (χ4v) is 3.36. The van der Waals surface area contributed by atoms with Crippen LogP contribution in [0.15, 0.2) is 54.1 Å². The fourth-order valence-electron chi connectivity index (χ4n) is 3.36. The van der Waals surface area contributed by atoms with Crippen molar-refractivity contribution in [2.75, 3.05) is 0 Å². The Bertz CT molecular complexity index is 686. The van der Waals surface area contributed by atoms with E-state index >= 15 is 0 Å². The molecule has 0 heteroatoms. The summed E-state index contributed by atoms with van der Waals surface area (Å²) in [5, 5.41) is 2.82. The molecule has 0 fully saturated rings. The molecule has 0 saturated heterocycles. The number of rotatable bonds is 0. The highest BCUT2D eigenvalue weighted by molar-refractivity contribution is 5.94. The van der Waals surface area contributed by atoms with Gasteiger partial charge in [0.05, 0.1) is 0 Å². The number of allylic oxidation sites excluding steroid dienone is 4. The van der Waals surface area contributed by atoms with Gasteiger partial charge in [0, 0.05) is 0 Å². The summed E-state index contributed by atoms with van der Waals surface area (Å²) in [4.78, 5) is 0. The fraction of sp³-hybridized carbons (Fsp3) is 0.222. The third-order valence-corrected chi connectivity index (χ3v) is 4.23. The van der Waals surface area contributed by atoms with Crippen molar-refractivity contribution in [3.8, 4) is 0 Å². The van der Waals surface area contributed by atoms with Gasteiger partial charge in [-0.3, -0.25) is 0 Å². The summed E-state index contributed by atoms with van der Waals surface area (Å²) in [6, 6.07) is 13.4. The van der Waals surface area contributed by atoms with E-state index in [0.29, 0.717) is 0 Å². The van der Waals surface area contributed by atoms with Gasteiger partial charge in [-0.2, -0.15) is 0 Å². The van der Waals surface area contributed by atoms with E-state index in [-0.39, 0.29) is 0 Å². The van der Waals surface area contributed by atoms with Crippen molar-refractivity contribution in [2.45, 2.75) is 25.7 Å². The van der Waals surface area contributed by atoms with Gasteiger partial charge in [0.15, 0.2) is 0 Å². The van der Waals surface area contributed by atoms with Gasteiger partial charge in [0.2, 0.25) is 0 Å². The molecule has 0 N–H and O–H groups in total. The lowest BCUT2D eigenvalue weighted by Gasteiger charge is -2.26. The van der Waals surface area contributed by atoms with Gasteiger partial charge >= 0.3 is 0 Å². The minimum absolute atomic E-state index is 1.19. The predicted octanol–water partition coefficient (Wildman–Crippen LogP) is 4.89. The zero-order chi connectivity index (χ0) is 11.9. The Morgan fingerprint density at radius 2 is 1.67 bits per heavy atom. The van der Waals surface area contributed by atoms with Crippen LogP contribution in [0.2, 0.25) is 0 Å². The van der Waals surface area contributed by atoms with Gasteiger partial charge in [-0.25, -0.2) is 0 Å². The summed E-state index contributed by atoms with van der Waals surface area (Å²) in [5.74, 6) is 0. The minimum atomic E-state index is 1.19. The highest BCUT2D eigenvalue weighted by Gasteiger charge is 2.21. The molecule has 2 aliphatic carbocycles. The molecule has 0 bridgehead atoms. The Labute approximate surface area is 108 Å². The molecule has 0 saturated carbocycles. The van der Waals surface area contributed by atoms with Crippen molar-refractivity contribution in [2.24, 2.45) is 0 Å². The Balaban J connectivity index is 2.02. The first-order chi connectivity index (χ1) is 8.93. The van der Waals surface area contributed by atoms with Crippen molar-refractivity contribution < 1.29 is 0 Å². The molecule has 18 heavy (non-hydrogen) atoms. The number of aryl methyl sites for hydroxylation is 1. The van der Waals surface area contributed by atoms with E-state index in [1.807, 2.05) is 0 Å². The van der Waals surface area contributed by atoms with Crippen molar-refractivity contribution >= 4 is 16.3 Å². The molecule has 2 aliphatic rings. The van der Waals surface area contributed by atoms with Crippen LogP contribution >= 0.6 is 0 Å². The van der Waals surface area contributed by atoms with E-state index in [2.05, 4.69) is 48.6 Å². The van der Waals surface area contributed by atoms with Crippen molar-refractivity contribution in [1.82, 2.24) is 0 Å². The van der Waals surface area contributed by atoms with Crippen LogP contribution in [0.3, 0.4) is 0 Å². The van der Waals surface area contributed by atoms with Crippen LogP contribution in [0.25, 0.3) is 16.3 Å². The molecule has 88 valence electrons. The zero-order valence-electron chi connectivity index (χ0n) is 10.4. The summed E-state index contributed by atoms with van der Waals surface area (Å²) in [7, 11) is 0. The van der Waals surface area contributed by atoms with Crippen LogP contribution in [0.5, 0.6) is 0 Å². The lowest BCUT2D eigenvalue weighted by Crippen LogP contribution is -2.07. The van der Waals surface area contributed by atoms with Crippen LogP contribution in [0.1, 0.15) is 30.4 Å². The van der Waals surface area contributed by atoms with Crippen LogP contribution in [0, 0.1) is 0 Å². The molecule has 4 rings (SSSR count). The maximum absolute atomic E-state index is 2.44. The first kappa shape index (κ1) is 10.1. The number of benzene rings is 2. The summed E-state index contributed by atoms with van der Waals surface area (Å²) in [6.45, 7) is 0. The molecule has 0 spiro atoms. The first-order valence-electron chi connectivity index (χ1n) is 6.84. The Hall–Kier alpha value is -1.82. The van der Waals surface area contributed by atoms with Gasteiger partial charge in [-0.05, 0) is 58.7 Å². The second-order valence-electron chi connectivity index (χ2n) is 5.24. The number of fused-ring (bicyclic) bond motifs is 5. The highest BCUT2D eigenvalue weighted by Crippen LogP contribution is 2.40. The summed E-state index contributed by atoms with van der Waals surface area (Å²) < 4.78 is 0. The minimum Gasteiger partial charge on any atom is -0.0804 e. The Kier molecular flexibility index (Phi) is 2.16. The normalized spacial score (nSPS) is 17.8. The standard InChI is InChI=1S/C18H16/c1-3-7-15-13(5-1)9-11-18-16-8-4-2-6-14(16)10-12-17(15)18/h1,3,5-9,11H,2,4,10,12H2. The molecule has 0 atom stereocenters. The summed E-state index contributed by atoms with van der Waals surface area (Å²) in [5.41, 5.74) is 6.11. The topological polar surface area (TPSA) is 0 Å². The third kappa shape index (κ3) is 1.38. The van der Waals surface area contributed by atoms with Crippen LogP contribution in [0.4, 0.5) is 0 Å². The van der Waals surface area contributed by atoms with E-state index in [4.69, 9.17) is 0 Å². The Morgan fingerprint density at radius 1 is 0.778 bits per heavy atom. The maximum atomic E-state index is 2.44. The molecule has 0 radical (unpaired) electrons. The van der Waals surface area contributed by atoms with E-state index in [0.717, 1.165) is 0 Å². The maximum Gasteiger partial charge on any atom is -0.0146 e. The Morgan fingerprint density at radius 3 is 2.67 bits per heavy atom. The molecule has 0 amide bonds. The average Bonchev–Trinajstić information content (AvgIpc) is 2.46. The smallest absolute Gasteiger partial charge is 0.0146 e. The summed E-state index contributed by atoms with van der Waals surface area (Å²) >= 11 is 0. The molecule has 0 unspecified atom stereocenters. The van der Waals surface area contributed by atoms with E-state index < -0.39 is 0 Å². The van der Waals surface area contributed by atoms with E-state index in [1.165, 1.54) is 47.6 Å². The average molecular weight is 232 g/mol. The molecular formula is C18H16. The van der Waals surface area contributed by atoms with E-state index in [9.17, 15) is 0 Å². The second kappa shape index (κ2) is 3.84. The van der Waals surface area contributed by atoms with Crippen molar-refractivity contribution in [3.63, 3.8) is 0 Å². The largest absolute Gasteiger partial charge is 0.0804 e. The predicted molar refractivity (Wildman–Crippen MR) is 77.6 cm³/mol. The lowest BCUT2D eigenvalue weighted by molar-refractivity contribution is 0.906. The molecule has 0 aromatic heterocycles.